The van der Waals surface area contributed by atoms with Gasteiger partial charge in [0, 0.05) is 0 Å². The van der Waals surface area contributed by atoms with Crippen molar-refractivity contribution < 1.29 is 14.9 Å². The van der Waals surface area contributed by atoms with Gasteiger partial charge in [-0.1, -0.05) is 6.92 Å². The summed E-state index contributed by atoms with van der Waals surface area (Å²) in [4.78, 5) is 12.5. The first-order chi connectivity index (χ1) is 9.13. The van der Waals surface area contributed by atoms with Crippen molar-refractivity contribution in [1.82, 2.24) is 19.5 Å². The monoisotopic (exact) mass is 264 g/mol. The molecule has 2 unspecified atom stereocenters. The van der Waals surface area contributed by atoms with E-state index in [1.165, 1.54) is 6.33 Å². The highest BCUT2D eigenvalue weighted by Crippen LogP contribution is 2.32. The molecule has 7 heteroatoms. The molecule has 1 fully saturated rings. The molecule has 2 N–H and O–H groups in total. The molecule has 2 aromatic rings. The predicted molar refractivity (Wildman–Crippen MR) is 66.3 cm³/mol. The topological polar surface area (TPSA) is 93.3 Å². The van der Waals surface area contributed by atoms with Crippen LogP contribution in [0.4, 0.5) is 0 Å². The minimum atomic E-state index is -0.988. The van der Waals surface area contributed by atoms with Gasteiger partial charge in [-0.05, 0) is 13.3 Å². The van der Waals surface area contributed by atoms with Gasteiger partial charge in [0.05, 0.1) is 18.1 Å². The van der Waals surface area contributed by atoms with Crippen LogP contribution in [0.25, 0.3) is 11.2 Å². The van der Waals surface area contributed by atoms with Crippen molar-refractivity contribution in [3.05, 3.63) is 18.3 Å². The van der Waals surface area contributed by atoms with E-state index in [0.717, 1.165) is 5.69 Å². The van der Waals surface area contributed by atoms with Gasteiger partial charge in [0.1, 0.15) is 24.1 Å². The van der Waals surface area contributed by atoms with E-state index >= 15 is 0 Å². The first-order valence-electron chi connectivity index (χ1n) is 6.29. The number of aliphatic hydroxyl groups excluding tert-OH is 2. The largest absolute Gasteiger partial charge is 0.388 e. The van der Waals surface area contributed by atoms with Crippen LogP contribution in [0, 0.1) is 6.92 Å². The normalized spacial score (nSPS) is 31.2. The van der Waals surface area contributed by atoms with Gasteiger partial charge in [0.2, 0.25) is 0 Å². The summed E-state index contributed by atoms with van der Waals surface area (Å²) in [7, 11) is 0. The molecular weight excluding hydrogens is 248 g/mol. The second-order valence-corrected chi connectivity index (χ2v) is 4.74. The Balaban J connectivity index is 2.04. The fourth-order valence-corrected chi connectivity index (χ4v) is 2.45. The van der Waals surface area contributed by atoms with Crippen LogP contribution in [0.3, 0.4) is 0 Å². The molecule has 3 heterocycles. The Bertz CT molecular complexity index is 600. The van der Waals surface area contributed by atoms with Gasteiger partial charge in [-0.2, -0.15) is 0 Å². The van der Waals surface area contributed by atoms with Gasteiger partial charge in [-0.15, -0.1) is 0 Å². The Morgan fingerprint density at radius 2 is 2.05 bits per heavy atom. The summed E-state index contributed by atoms with van der Waals surface area (Å²) in [6.45, 7) is 3.75. The summed E-state index contributed by atoms with van der Waals surface area (Å²) >= 11 is 0. The molecule has 4 atom stereocenters. The Morgan fingerprint density at radius 3 is 2.74 bits per heavy atom. The third-order valence-electron chi connectivity index (χ3n) is 3.56. The maximum Gasteiger partial charge on any atom is 0.165 e. The van der Waals surface area contributed by atoms with Crippen molar-refractivity contribution in [3.63, 3.8) is 0 Å². The van der Waals surface area contributed by atoms with Crippen LogP contribution in [0.2, 0.25) is 0 Å². The van der Waals surface area contributed by atoms with Crippen molar-refractivity contribution in [1.29, 1.82) is 0 Å². The highest BCUT2D eigenvalue weighted by atomic mass is 16.6. The molecule has 0 aliphatic carbocycles. The molecule has 0 radical (unpaired) electrons. The average Bonchev–Trinajstić information content (AvgIpc) is 2.94. The average molecular weight is 264 g/mol. The maximum atomic E-state index is 10.1. The van der Waals surface area contributed by atoms with Gasteiger partial charge in [-0.3, -0.25) is 4.57 Å². The van der Waals surface area contributed by atoms with E-state index in [1.807, 2.05) is 13.8 Å². The van der Waals surface area contributed by atoms with E-state index in [1.54, 1.807) is 10.9 Å². The van der Waals surface area contributed by atoms with E-state index in [4.69, 9.17) is 4.74 Å². The zero-order valence-electron chi connectivity index (χ0n) is 10.8. The summed E-state index contributed by atoms with van der Waals surface area (Å²) in [5.74, 6) is 0. The number of imidazole rings is 1. The fourth-order valence-electron chi connectivity index (χ4n) is 2.45. The number of hydrogen-bond acceptors (Lipinski definition) is 6. The number of aromatic nitrogens is 4. The number of nitrogens with zero attached hydrogens (tertiary/aromatic N) is 4. The lowest BCUT2D eigenvalue weighted by Gasteiger charge is -2.16. The summed E-state index contributed by atoms with van der Waals surface area (Å²) in [6, 6.07) is 0. The van der Waals surface area contributed by atoms with Crippen LogP contribution in [0.15, 0.2) is 12.7 Å². The quantitative estimate of drug-likeness (QED) is 0.802. The number of fused-ring (bicyclic) bond motifs is 1. The lowest BCUT2D eigenvalue weighted by molar-refractivity contribution is -0.0355. The van der Waals surface area contributed by atoms with Crippen LogP contribution in [-0.4, -0.2) is 48.0 Å². The van der Waals surface area contributed by atoms with Crippen LogP contribution < -0.4 is 0 Å². The smallest absolute Gasteiger partial charge is 0.165 e. The van der Waals surface area contributed by atoms with E-state index in [9.17, 15) is 10.2 Å². The van der Waals surface area contributed by atoms with Crippen molar-refractivity contribution >= 4 is 11.2 Å². The highest BCUT2D eigenvalue weighted by Gasteiger charge is 2.43. The van der Waals surface area contributed by atoms with Gasteiger partial charge in [0.25, 0.3) is 0 Å². The van der Waals surface area contributed by atoms with E-state index in [-0.39, 0.29) is 6.10 Å². The molecule has 3 rings (SSSR count). The predicted octanol–water partition coefficient (Wildman–Crippen LogP) is 0.164. The number of ether oxygens (including phenoxy) is 1. The Hall–Kier alpha value is -1.57. The second kappa shape index (κ2) is 4.52. The Kier molecular flexibility index (Phi) is 2.96. The molecule has 7 nitrogen and oxygen atoms in total. The lowest BCUT2D eigenvalue weighted by atomic mass is 10.1. The van der Waals surface area contributed by atoms with Crippen molar-refractivity contribution in [2.75, 3.05) is 0 Å². The summed E-state index contributed by atoms with van der Waals surface area (Å²) in [5.41, 5.74) is 2.04. The zero-order valence-corrected chi connectivity index (χ0v) is 10.8. The van der Waals surface area contributed by atoms with Crippen LogP contribution in [-0.2, 0) is 4.74 Å². The third kappa shape index (κ3) is 1.81. The van der Waals surface area contributed by atoms with Gasteiger partial charge in [-0.25, -0.2) is 15.0 Å². The molecule has 0 saturated carbocycles. The highest BCUT2D eigenvalue weighted by molar-refractivity contribution is 5.72. The SMILES string of the molecule is CC[C@H]1O[C@@H](n2cnc3c(C)ncnc32)C(O)C1O. The molecule has 19 heavy (non-hydrogen) atoms. The first kappa shape index (κ1) is 12.5. The summed E-state index contributed by atoms with van der Waals surface area (Å²) in [6.07, 6.45) is 0.721. The zero-order chi connectivity index (χ0) is 13.6. The molecule has 0 aromatic carbocycles. The molecular formula is C12H16N4O3. The Labute approximate surface area is 109 Å². The van der Waals surface area contributed by atoms with Crippen LogP contribution in [0.5, 0.6) is 0 Å². The van der Waals surface area contributed by atoms with Gasteiger partial charge >= 0.3 is 0 Å². The van der Waals surface area contributed by atoms with Crippen LogP contribution >= 0.6 is 0 Å². The number of rotatable bonds is 2. The van der Waals surface area contributed by atoms with Crippen molar-refractivity contribution in [3.8, 4) is 0 Å². The number of hydrogen-bond donors (Lipinski definition) is 2. The molecule has 1 aliphatic rings. The van der Waals surface area contributed by atoms with Gasteiger partial charge < -0.3 is 14.9 Å². The lowest BCUT2D eigenvalue weighted by Crippen LogP contribution is -2.31. The molecule has 2 aromatic heterocycles. The standard InChI is InChI=1S/C12H16N4O3/c1-3-7-9(17)10(18)12(19-7)16-5-15-8-6(2)13-4-14-11(8)16/h4-5,7,9-10,12,17-18H,3H2,1-2H3/t7-,9?,10?,12-/m1/s1. The third-order valence-corrected chi connectivity index (χ3v) is 3.56. The minimum Gasteiger partial charge on any atom is -0.388 e. The number of aryl methyl sites for hydroxylation is 1. The molecule has 0 spiro atoms. The molecule has 1 aliphatic heterocycles. The number of aliphatic hydroxyl groups is 2. The molecule has 0 bridgehead atoms. The summed E-state index contributed by atoms with van der Waals surface area (Å²) in [5, 5.41) is 20.0. The minimum absolute atomic E-state index is 0.375. The van der Waals surface area contributed by atoms with Crippen LogP contribution in [0.1, 0.15) is 25.3 Å². The summed E-state index contributed by atoms with van der Waals surface area (Å²) < 4.78 is 7.34. The molecule has 0 amide bonds. The van der Waals surface area contributed by atoms with E-state index in [2.05, 4.69) is 15.0 Å². The molecule has 102 valence electrons. The van der Waals surface area contributed by atoms with E-state index < -0.39 is 18.4 Å². The second-order valence-electron chi connectivity index (χ2n) is 4.74. The molecule has 1 saturated heterocycles. The fraction of sp³-hybridized carbons (Fsp3) is 0.583. The van der Waals surface area contributed by atoms with Gasteiger partial charge in [0.15, 0.2) is 11.9 Å². The first-order valence-corrected chi connectivity index (χ1v) is 6.29. The van der Waals surface area contributed by atoms with E-state index in [0.29, 0.717) is 17.6 Å². The van der Waals surface area contributed by atoms with Crippen molar-refractivity contribution in [2.24, 2.45) is 0 Å². The Morgan fingerprint density at radius 1 is 1.26 bits per heavy atom. The maximum absolute atomic E-state index is 10.1. The van der Waals surface area contributed by atoms with Crippen molar-refractivity contribution in [2.45, 2.75) is 44.8 Å².